The van der Waals surface area contributed by atoms with Gasteiger partial charge in [0.2, 0.25) is 11.8 Å². The number of para-hydroxylation sites is 1. The van der Waals surface area contributed by atoms with Gasteiger partial charge in [-0.15, -0.1) is 0 Å². The zero-order valence-electron chi connectivity index (χ0n) is 15.7. The number of aromatic amines is 1. The zero-order valence-corrected chi connectivity index (χ0v) is 15.7. The number of amides is 2. The summed E-state index contributed by atoms with van der Waals surface area (Å²) < 4.78 is 0. The van der Waals surface area contributed by atoms with E-state index in [9.17, 15) is 14.4 Å². The second kappa shape index (κ2) is 8.68. The number of nitrogens with two attached hydrogens (primary N) is 1. The van der Waals surface area contributed by atoms with Crippen LogP contribution in [0.4, 0.5) is 0 Å². The number of aromatic nitrogens is 1. The van der Waals surface area contributed by atoms with Crippen molar-refractivity contribution in [3.05, 3.63) is 36.0 Å². The van der Waals surface area contributed by atoms with E-state index in [0.717, 1.165) is 16.5 Å². The topological polar surface area (TPSA) is 137 Å². The molecule has 146 valence electrons. The highest BCUT2D eigenvalue weighted by molar-refractivity contribution is 5.92. The highest BCUT2D eigenvalue weighted by Crippen LogP contribution is 2.18. The van der Waals surface area contributed by atoms with Gasteiger partial charge in [0.1, 0.15) is 12.1 Å². The number of aliphatic carboxylic acids is 1. The summed E-state index contributed by atoms with van der Waals surface area (Å²) in [5.41, 5.74) is 7.87. The number of hydrogen-bond acceptors (Lipinski definition) is 4. The summed E-state index contributed by atoms with van der Waals surface area (Å²) in [6, 6.07) is 4.95. The summed E-state index contributed by atoms with van der Waals surface area (Å²) in [4.78, 5) is 38.8. The highest BCUT2D eigenvalue weighted by atomic mass is 16.4. The van der Waals surface area contributed by atoms with E-state index in [4.69, 9.17) is 10.8 Å². The van der Waals surface area contributed by atoms with Gasteiger partial charge in [0.15, 0.2) is 0 Å². The first-order chi connectivity index (χ1) is 12.7. The molecule has 1 aromatic carbocycles. The fourth-order valence-corrected chi connectivity index (χ4v) is 2.81. The van der Waals surface area contributed by atoms with Crippen molar-refractivity contribution >= 4 is 28.7 Å². The van der Waals surface area contributed by atoms with E-state index >= 15 is 0 Å². The van der Waals surface area contributed by atoms with E-state index < -0.39 is 35.9 Å². The number of fused-ring (bicyclic) bond motifs is 1. The van der Waals surface area contributed by atoms with Crippen molar-refractivity contribution in [2.75, 3.05) is 0 Å². The van der Waals surface area contributed by atoms with Gasteiger partial charge in [-0.1, -0.05) is 32.0 Å². The Morgan fingerprint density at radius 1 is 1.11 bits per heavy atom. The highest BCUT2D eigenvalue weighted by Gasteiger charge is 2.27. The van der Waals surface area contributed by atoms with Crippen molar-refractivity contribution in [2.45, 2.75) is 45.3 Å². The molecule has 0 bridgehead atoms. The maximum atomic E-state index is 12.3. The van der Waals surface area contributed by atoms with Crippen molar-refractivity contribution in [1.82, 2.24) is 15.6 Å². The molecule has 0 radical (unpaired) electrons. The first-order valence-corrected chi connectivity index (χ1v) is 8.84. The molecule has 0 saturated heterocycles. The van der Waals surface area contributed by atoms with E-state index in [2.05, 4.69) is 15.6 Å². The predicted molar refractivity (Wildman–Crippen MR) is 102 cm³/mol. The van der Waals surface area contributed by atoms with Crippen LogP contribution in [0.25, 0.3) is 10.9 Å². The van der Waals surface area contributed by atoms with Crippen LogP contribution < -0.4 is 16.4 Å². The van der Waals surface area contributed by atoms with Gasteiger partial charge < -0.3 is 26.5 Å². The van der Waals surface area contributed by atoms with Crippen molar-refractivity contribution in [1.29, 1.82) is 0 Å². The number of rotatable bonds is 8. The fourth-order valence-electron chi connectivity index (χ4n) is 2.81. The Bertz CT molecular complexity index is 830. The van der Waals surface area contributed by atoms with Crippen LogP contribution in [0.5, 0.6) is 0 Å². The molecule has 3 atom stereocenters. The number of carboxylic acid groups (broad SMARTS) is 1. The van der Waals surface area contributed by atoms with Crippen molar-refractivity contribution in [3.8, 4) is 0 Å². The summed E-state index contributed by atoms with van der Waals surface area (Å²) in [5, 5.41) is 15.1. The second-order valence-electron chi connectivity index (χ2n) is 6.97. The maximum absolute atomic E-state index is 12.3. The van der Waals surface area contributed by atoms with Gasteiger partial charge in [-0.2, -0.15) is 0 Å². The molecule has 6 N–H and O–H groups in total. The summed E-state index contributed by atoms with van der Waals surface area (Å²) in [7, 11) is 0. The van der Waals surface area contributed by atoms with Gasteiger partial charge in [-0.05, 0) is 30.9 Å². The predicted octanol–water partition coefficient (Wildman–Crippen LogP) is 0.768. The molecule has 1 aromatic heterocycles. The Morgan fingerprint density at radius 2 is 1.78 bits per heavy atom. The van der Waals surface area contributed by atoms with Gasteiger partial charge in [0.25, 0.3) is 0 Å². The Hall–Kier alpha value is -2.87. The van der Waals surface area contributed by atoms with Crippen molar-refractivity contribution in [3.63, 3.8) is 0 Å². The minimum atomic E-state index is -1.12. The van der Waals surface area contributed by atoms with E-state index in [0.29, 0.717) is 6.42 Å². The van der Waals surface area contributed by atoms with Gasteiger partial charge in [0, 0.05) is 17.1 Å². The second-order valence-corrected chi connectivity index (χ2v) is 6.97. The molecule has 0 aliphatic heterocycles. The molecule has 8 nitrogen and oxygen atoms in total. The molecule has 3 unspecified atom stereocenters. The lowest BCUT2D eigenvalue weighted by molar-refractivity contribution is -0.143. The van der Waals surface area contributed by atoms with Crippen LogP contribution in [-0.2, 0) is 20.8 Å². The van der Waals surface area contributed by atoms with Crippen LogP contribution in [0, 0.1) is 5.92 Å². The average Bonchev–Trinajstić information content (AvgIpc) is 3.01. The molecule has 0 saturated carbocycles. The summed E-state index contributed by atoms with van der Waals surface area (Å²) >= 11 is 0. The normalized spacial score (nSPS) is 14.6. The van der Waals surface area contributed by atoms with Crippen LogP contribution in [0.3, 0.4) is 0 Å². The molecule has 2 rings (SSSR count). The zero-order chi connectivity index (χ0) is 20.1. The Balaban J connectivity index is 1.95. The molecule has 2 aromatic rings. The van der Waals surface area contributed by atoms with E-state index in [1.54, 1.807) is 13.8 Å². The third kappa shape index (κ3) is 5.07. The van der Waals surface area contributed by atoms with Crippen molar-refractivity contribution < 1.29 is 19.5 Å². The molecule has 8 heteroatoms. The third-order valence-corrected chi connectivity index (χ3v) is 4.43. The number of hydrogen-bond donors (Lipinski definition) is 5. The lowest BCUT2D eigenvalue weighted by atomic mass is 10.0. The molecule has 1 heterocycles. The summed E-state index contributed by atoms with van der Waals surface area (Å²) in [6.45, 7) is 4.88. The summed E-state index contributed by atoms with van der Waals surface area (Å²) in [6.07, 6.45) is 2.13. The fraction of sp³-hybridized carbons (Fsp3) is 0.421. The van der Waals surface area contributed by atoms with Gasteiger partial charge in [-0.3, -0.25) is 9.59 Å². The van der Waals surface area contributed by atoms with Crippen LogP contribution in [-0.4, -0.2) is 46.0 Å². The first kappa shape index (κ1) is 20.4. The number of carboxylic acids is 1. The first-order valence-electron chi connectivity index (χ1n) is 8.84. The van der Waals surface area contributed by atoms with Crippen LogP contribution in [0.15, 0.2) is 30.5 Å². The molecule has 27 heavy (non-hydrogen) atoms. The lowest BCUT2D eigenvalue weighted by Gasteiger charge is -2.22. The van der Waals surface area contributed by atoms with Crippen LogP contribution in [0.2, 0.25) is 0 Å². The molecule has 0 spiro atoms. The standard InChI is InChI=1S/C19H26N4O4/c1-10(2)16(19(26)27)23-17(24)11(3)22-18(25)14(20)8-12-9-21-15-7-5-4-6-13(12)15/h4-7,9-11,14,16,21H,8,20H2,1-3H3,(H,22,25)(H,23,24)(H,26,27). The quantitative estimate of drug-likeness (QED) is 0.465. The van der Waals surface area contributed by atoms with E-state index in [1.165, 1.54) is 6.92 Å². The van der Waals surface area contributed by atoms with Crippen LogP contribution >= 0.6 is 0 Å². The molecular formula is C19H26N4O4. The number of H-pyrrole nitrogens is 1. The Morgan fingerprint density at radius 3 is 2.41 bits per heavy atom. The number of carbonyl (C=O) groups excluding carboxylic acids is 2. The minimum absolute atomic E-state index is 0.279. The van der Waals surface area contributed by atoms with Gasteiger partial charge in [-0.25, -0.2) is 4.79 Å². The summed E-state index contributed by atoms with van der Waals surface area (Å²) in [5.74, 6) is -2.44. The number of nitrogens with one attached hydrogen (secondary N) is 3. The molecule has 2 amide bonds. The Kier molecular flexibility index (Phi) is 6.57. The van der Waals surface area contributed by atoms with E-state index in [1.807, 2.05) is 30.5 Å². The maximum Gasteiger partial charge on any atom is 0.326 e. The molecule has 0 aliphatic rings. The van der Waals surface area contributed by atoms with Crippen LogP contribution in [0.1, 0.15) is 26.3 Å². The van der Waals surface area contributed by atoms with E-state index in [-0.39, 0.29) is 5.92 Å². The van der Waals surface area contributed by atoms with Gasteiger partial charge in [0.05, 0.1) is 6.04 Å². The largest absolute Gasteiger partial charge is 0.480 e. The lowest BCUT2D eigenvalue weighted by Crippen LogP contribution is -2.54. The van der Waals surface area contributed by atoms with Crippen molar-refractivity contribution in [2.24, 2.45) is 11.7 Å². The molecule has 0 aliphatic carbocycles. The third-order valence-electron chi connectivity index (χ3n) is 4.43. The molecule has 0 fully saturated rings. The monoisotopic (exact) mass is 374 g/mol. The SMILES string of the molecule is CC(NC(=O)C(N)Cc1c[nH]c2ccccc12)C(=O)NC(C(=O)O)C(C)C. The Labute approximate surface area is 157 Å². The number of carbonyl (C=O) groups is 3. The smallest absolute Gasteiger partial charge is 0.326 e. The average molecular weight is 374 g/mol. The minimum Gasteiger partial charge on any atom is -0.480 e. The number of benzene rings is 1. The van der Waals surface area contributed by atoms with Gasteiger partial charge >= 0.3 is 5.97 Å². The molecular weight excluding hydrogens is 348 g/mol.